The quantitative estimate of drug-likeness (QED) is 0.902. The smallest absolute Gasteiger partial charge is 0.232 e. The highest BCUT2D eigenvalue weighted by molar-refractivity contribution is 7.99. The molecule has 2 heterocycles. The van der Waals surface area contributed by atoms with Crippen LogP contribution in [-0.2, 0) is 10.5 Å². The molecule has 1 aliphatic heterocycles. The summed E-state index contributed by atoms with van der Waals surface area (Å²) in [6.45, 7) is 1.79. The fraction of sp³-hybridized carbons (Fsp3) is 0.615. The van der Waals surface area contributed by atoms with Crippen LogP contribution in [0.5, 0.6) is 0 Å². The number of aliphatic hydroxyl groups excluding tert-OH is 1. The Kier molecular flexibility index (Phi) is 5.53. The number of thiophene rings is 1. The third-order valence-electron chi connectivity index (χ3n) is 3.18. The minimum atomic E-state index is 0.201. The van der Waals surface area contributed by atoms with E-state index in [-0.39, 0.29) is 18.4 Å². The van der Waals surface area contributed by atoms with Crippen LogP contribution in [-0.4, -0.2) is 41.4 Å². The number of carbonyl (C=O) groups excluding carboxylic acids is 1. The minimum Gasteiger partial charge on any atom is -0.396 e. The van der Waals surface area contributed by atoms with Crippen LogP contribution in [0, 0.1) is 5.92 Å². The predicted molar refractivity (Wildman–Crippen MR) is 76.9 cm³/mol. The minimum absolute atomic E-state index is 0.201. The van der Waals surface area contributed by atoms with Crippen molar-refractivity contribution < 1.29 is 9.90 Å². The summed E-state index contributed by atoms with van der Waals surface area (Å²) in [6.07, 6.45) is 2.06. The molecule has 1 aromatic heterocycles. The van der Waals surface area contributed by atoms with E-state index in [2.05, 4.69) is 11.4 Å². The van der Waals surface area contributed by atoms with Crippen molar-refractivity contribution in [3.8, 4) is 0 Å². The molecule has 1 amide bonds. The highest BCUT2D eigenvalue weighted by atomic mass is 32.2. The number of carbonyl (C=O) groups is 1. The van der Waals surface area contributed by atoms with Crippen molar-refractivity contribution in [1.82, 2.24) is 4.90 Å². The Morgan fingerprint density at radius 2 is 2.50 bits per heavy atom. The molecule has 5 heteroatoms. The van der Waals surface area contributed by atoms with Gasteiger partial charge in [0.15, 0.2) is 0 Å². The molecule has 3 nitrogen and oxygen atoms in total. The molecular formula is C13H19NO2S2. The lowest BCUT2D eigenvalue weighted by atomic mass is 9.99. The molecule has 0 saturated carbocycles. The SMILES string of the molecule is O=C(CSCc1cccs1)N1CCCC(CO)C1. The van der Waals surface area contributed by atoms with Crippen LogP contribution in [0.25, 0.3) is 0 Å². The Balaban J connectivity index is 1.70. The van der Waals surface area contributed by atoms with Gasteiger partial charge >= 0.3 is 0 Å². The number of likely N-dealkylation sites (tertiary alicyclic amines) is 1. The van der Waals surface area contributed by atoms with Gasteiger partial charge in [0.05, 0.1) is 5.75 Å². The zero-order chi connectivity index (χ0) is 12.8. The molecule has 1 aliphatic rings. The molecule has 0 aromatic carbocycles. The molecule has 0 aliphatic carbocycles. The maximum Gasteiger partial charge on any atom is 0.232 e. The number of piperidine rings is 1. The van der Waals surface area contributed by atoms with Gasteiger partial charge in [0.25, 0.3) is 0 Å². The average molecular weight is 285 g/mol. The first kappa shape index (κ1) is 13.9. The number of nitrogens with zero attached hydrogens (tertiary/aromatic N) is 1. The fourth-order valence-corrected chi connectivity index (χ4v) is 3.93. The van der Waals surface area contributed by atoms with Crippen molar-refractivity contribution in [3.05, 3.63) is 22.4 Å². The van der Waals surface area contributed by atoms with Crippen LogP contribution in [0.15, 0.2) is 17.5 Å². The first-order chi connectivity index (χ1) is 8.79. The van der Waals surface area contributed by atoms with E-state index in [4.69, 9.17) is 5.11 Å². The van der Waals surface area contributed by atoms with E-state index in [1.807, 2.05) is 11.0 Å². The molecule has 1 unspecified atom stereocenters. The highest BCUT2D eigenvalue weighted by Gasteiger charge is 2.22. The number of amides is 1. The van der Waals surface area contributed by atoms with Crippen LogP contribution in [0.1, 0.15) is 17.7 Å². The third-order valence-corrected chi connectivity index (χ3v) is 5.21. The van der Waals surface area contributed by atoms with Crippen LogP contribution in [0.3, 0.4) is 0 Å². The zero-order valence-electron chi connectivity index (χ0n) is 10.4. The lowest BCUT2D eigenvalue weighted by molar-refractivity contribution is -0.130. The molecule has 2 rings (SSSR count). The van der Waals surface area contributed by atoms with Gasteiger partial charge in [-0.3, -0.25) is 4.79 Å². The fourth-order valence-electron chi connectivity index (χ4n) is 2.17. The number of rotatable bonds is 5. The standard InChI is InChI=1S/C13H19NO2S2/c15-8-11-3-1-5-14(7-11)13(16)10-17-9-12-4-2-6-18-12/h2,4,6,11,15H,1,3,5,7-10H2. The molecule has 1 fully saturated rings. The molecule has 1 atom stereocenters. The van der Waals surface area contributed by atoms with Crippen molar-refractivity contribution >= 4 is 29.0 Å². The van der Waals surface area contributed by atoms with Crippen LogP contribution in [0.2, 0.25) is 0 Å². The monoisotopic (exact) mass is 285 g/mol. The van der Waals surface area contributed by atoms with Crippen molar-refractivity contribution in [3.63, 3.8) is 0 Å². The van der Waals surface area contributed by atoms with E-state index >= 15 is 0 Å². The lowest BCUT2D eigenvalue weighted by Crippen LogP contribution is -2.41. The van der Waals surface area contributed by atoms with Gasteiger partial charge in [0.2, 0.25) is 5.91 Å². The zero-order valence-corrected chi connectivity index (χ0v) is 12.0. The molecule has 0 spiro atoms. The van der Waals surface area contributed by atoms with Gasteiger partial charge in [-0.15, -0.1) is 23.1 Å². The summed E-state index contributed by atoms with van der Waals surface area (Å²) in [5, 5.41) is 11.2. The molecular weight excluding hydrogens is 266 g/mol. The van der Waals surface area contributed by atoms with Gasteiger partial charge in [0.1, 0.15) is 0 Å². The Hall–Kier alpha value is -0.520. The lowest BCUT2D eigenvalue weighted by Gasteiger charge is -2.31. The summed E-state index contributed by atoms with van der Waals surface area (Å²) in [4.78, 5) is 15.2. The van der Waals surface area contributed by atoms with Gasteiger partial charge in [-0.05, 0) is 30.2 Å². The van der Waals surface area contributed by atoms with Crippen molar-refractivity contribution in [2.24, 2.45) is 5.92 Å². The summed E-state index contributed by atoms with van der Waals surface area (Å²) >= 11 is 3.41. The van der Waals surface area contributed by atoms with E-state index in [1.54, 1.807) is 23.1 Å². The normalized spacial score (nSPS) is 20.1. The molecule has 1 N–H and O–H groups in total. The highest BCUT2D eigenvalue weighted by Crippen LogP contribution is 2.20. The van der Waals surface area contributed by atoms with Crippen molar-refractivity contribution in [2.45, 2.75) is 18.6 Å². The Labute approximate surface area is 116 Å². The molecule has 1 saturated heterocycles. The predicted octanol–water partition coefficient (Wildman–Crippen LogP) is 2.21. The number of hydrogen-bond donors (Lipinski definition) is 1. The second kappa shape index (κ2) is 7.16. The van der Waals surface area contributed by atoms with E-state index < -0.39 is 0 Å². The number of thioether (sulfide) groups is 1. The van der Waals surface area contributed by atoms with Crippen LogP contribution in [0.4, 0.5) is 0 Å². The Morgan fingerprint density at radius 3 is 3.22 bits per heavy atom. The average Bonchev–Trinajstić information content (AvgIpc) is 2.92. The van der Waals surface area contributed by atoms with E-state index in [0.29, 0.717) is 5.75 Å². The van der Waals surface area contributed by atoms with Gasteiger partial charge < -0.3 is 10.0 Å². The molecule has 0 bridgehead atoms. The maximum absolute atomic E-state index is 12.0. The maximum atomic E-state index is 12.0. The van der Waals surface area contributed by atoms with Gasteiger partial charge in [-0.25, -0.2) is 0 Å². The van der Waals surface area contributed by atoms with Gasteiger partial charge in [-0.1, -0.05) is 6.07 Å². The molecule has 0 radical (unpaired) electrons. The van der Waals surface area contributed by atoms with E-state index in [9.17, 15) is 4.79 Å². The Bertz CT molecular complexity index is 367. The summed E-state index contributed by atoms with van der Waals surface area (Å²) < 4.78 is 0. The molecule has 100 valence electrons. The first-order valence-corrected chi connectivity index (χ1v) is 8.32. The largest absolute Gasteiger partial charge is 0.396 e. The number of hydrogen-bond acceptors (Lipinski definition) is 4. The Morgan fingerprint density at radius 1 is 1.61 bits per heavy atom. The second-order valence-electron chi connectivity index (χ2n) is 4.60. The second-order valence-corrected chi connectivity index (χ2v) is 6.62. The molecule has 1 aromatic rings. The topological polar surface area (TPSA) is 40.5 Å². The van der Waals surface area contributed by atoms with Crippen molar-refractivity contribution in [1.29, 1.82) is 0 Å². The summed E-state index contributed by atoms with van der Waals surface area (Å²) in [6, 6.07) is 4.14. The van der Waals surface area contributed by atoms with Crippen LogP contribution < -0.4 is 0 Å². The molecule has 18 heavy (non-hydrogen) atoms. The summed E-state index contributed by atoms with van der Waals surface area (Å²) in [7, 11) is 0. The third kappa shape index (κ3) is 4.00. The van der Waals surface area contributed by atoms with Crippen LogP contribution >= 0.6 is 23.1 Å². The first-order valence-electron chi connectivity index (χ1n) is 6.28. The summed E-state index contributed by atoms with van der Waals surface area (Å²) in [5.41, 5.74) is 0. The summed E-state index contributed by atoms with van der Waals surface area (Å²) in [5.74, 6) is 1.97. The van der Waals surface area contributed by atoms with Gasteiger partial charge in [0, 0.05) is 30.3 Å². The van der Waals surface area contributed by atoms with E-state index in [1.165, 1.54) is 4.88 Å². The van der Waals surface area contributed by atoms with E-state index in [0.717, 1.165) is 31.7 Å². The number of aliphatic hydroxyl groups is 1. The van der Waals surface area contributed by atoms with Crippen molar-refractivity contribution in [2.75, 3.05) is 25.4 Å². The van der Waals surface area contributed by atoms with Gasteiger partial charge in [-0.2, -0.15) is 0 Å².